The molecule has 0 bridgehead atoms. The van der Waals surface area contributed by atoms with E-state index in [0.717, 1.165) is 0 Å². The van der Waals surface area contributed by atoms with Crippen LogP contribution in [0.4, 0.5) is 9.18 Å². The average molecular weight is 241 g/mol. The molecule has 0 spiro atoms. The SMILES string of the molecule is O=C1NCC(COc2ccc(F)cc2CO)O1. The van der Waals surface area contributed by atoms with Crippen molar-refractivity contribution in [3.63, 3.8) is 0 Å². The maximum absolute atomic E-state index is 12.9. The topological polar surface area (TPSA) is 67.8 Å². The number of carbonyl (C=O) groups is 1. The summed E-state index contributed by atoms with van der Waals surface area (Å²) in [7, 11) is 0. The minimum Gasteiger partial charge on any atom is -0.489 e. The van der Waals surface area contributed by atoms with Gasteiger partial charge in [-0.1, -0.05) is 0 Å². The van der Waals surface area contributed by atoms with Crippen molar-refractivity contribution in [1.29, 1.82) is 0 Å². The zero-order chi connectivity index (χ0) is 12.3. The van der Waals surface area contributed by atoms with Crippen molar-refractivity contribution < 1.29 is 23.8 Å². The summed E-state index contributed by atoms with van der Waals surface area (Å²) in [6.07, 6.45) is -0.834. The van der Waals surface area contributed by atoms with Crippen molar-refractivity contribution >= 4 is 6.09 Å². The molecule has 1 aliphatic heterocycles. The predicted octanol–water partition coefficient (Wildman–Crippen LogP) is 0.805. The van der Waals surface area contributed by atoms with Crippen LogP contribution in [0.25, 0.3) is 0 Å². The Bertz CT molecular complexity index is 424. The molecule has 0 radical (unpaired) electrons. The van der Waals surface area contributed by atoms with Gasteiger partial charge in [0.25, 0.3) is 0 Å². The van der Waals surface area contributed by atoms with E-state index < -0.39 is 11.9 Å². The van der Waals surface area contributed by atoms with Crippen LogP contribution >= 0.6 is 0 Å². The van der Waals surface area contributed by atoms with Crippen molar-refractivity contribution in [2.24, 2.45) is 0 Å². The van der Waals surface area contributed by atoms with E-state index in [1.807, 2.05) is 0 Å². The maximum atomic E-state index is 12.9. The molecular formula is C11H12FNO4. The molecule has 1 heterocycles. The van der Waals surface area contributed by atoms with E-state index in [0.29, 0.717) is 17.9 Å². The molecule has 1 saturated heterocycles. The Morgan fingerprint density at radius 3 is 3.06 bits per heavy atom. The van der Waals surface area contributed by atoms with Gasteiger partial charge in [-0.15, -0.1) is 0 Å². The fraction of sp³-hybridized carbons (Fsp3) is 0.364. The number of ether oxygens (including phenoxy) is 2. The quantitative estimate of drug-likeness (QED) is 0.818. The zero-order valence-corrected chi connectivity index (χ0v) is 8.98. The Labute approximate surface area is 97.1 Å². The highest BCUT2D eigenvalue weighted by Gasteiger charge is 2.23. The molecule has 2 N–H and O–H groups in total. The first-order chi connectivity index (χ1) is 8.19. The number of cyclic esters (lactones) is 1. The van der Waals surface area contributed by atoms with Crippen LogP contribution in [0.15, 0.2) is 18.2 Å². The number of hydrogen-bond donors (Lipinski definition) is 2. The van der Waals surface area contributed by atoms with Crippen molar-refractivity contribution in [1.82, 2.24) is 5.32 Å². The molecule has 17 heavy (non-hydrogen) atoms. The minimum atomic E-state index is -0.472. The van der Waals surface area contributed by atoms with Crippen molar-refractivity contribution in [2.45, 2.75) is 12.7 Å². The van der Waals surface area contributed by atoms with Crippen molar-refractivity contribution in [3.05, 3.63) is 29.6 Å². The van der Waals surface area contributed by atoms with Crippen LogP contribution in [-0.2, 0) is 11.3 Å². The summed E-state index contributed by atoms with van der Waals surface area (Å²) in [6.45, 7) is 0.238. The number of nitrogens with one attached hydrogen (secondary N) is 1. The van der Waals surface area contributed by atoms with Crippen LogP contribution < -0.4 is 10.1 Å². The molecule has 1 fully saturated rings. The number of benzene rings is 1. The first-order valence-electron chi connectivity index (χ1n) is 5.15. The summed E-state index contributed by atoms with van der Waals surface area (Å²) in [5.41, 5.74) is 0.363. The van der Waals surface area contributed by atoms with Crippen LogP contribution in [0.3, 0.4) is 0 Å². The Balaban J connectivity index is 1.96. The third-order valence-corrected chi connectivity index (χ3v) is 2.37. The molecule has 0 aliphatic carbocycles. The summed E-state index contributed by atoms with van der Waals surface area (Å²) in [6, 6.07) is 3.88. The van der Waals surface area contributed by atoms with Gasteiger partial charge in [-0.05, 0) is 18.2 Å². The molecule has 0 saturated carbocycles. The number of aliphatic hydroxyl groups is 1. The number of halogens is 1. The van der Waals surface area contributed by atoms with Crippen LogP contribution in [-0.4, -0.2) is 30.5 Å². The molecule has 2 rings (SSSR count). The van der Waals surface area contributed by atoms with Gasteiger partial charge in [-0.25, -0.2) is 9.18 Å². The summed E-state index contributed by atoms with van der Waals surface area (Å²) in [4.78, 5) is 10.8. The molecule has 1 amide bonds. The number of rotatable bonds is 4. The third kappa shape index (κ3) is 2.85. The largest absolute Gasteiger partial charge is 0.489 e. The third-order valence-electron chi connectivity index (χ3n) is 2.37. The molecule has 1 atom stereocenters. The number of aliphatic hydroxyl groups excluding tert-OH is 1. The lowest BCUT2D eigenvalue weighted by Gasteiger charge is -2.12. The van der Waals surface area contributed by atoms with Gasteiger partial charge in [0, 0.05) is 5.56 Å². The Hall–Kier alpha value is -1.82. The van der Waals surface area contributed by atoms with Gasteiger partial charge in [0.15, 0.2) is 6.10 Å². The zero-order valence-electron chi connectivity index (χ0n) is 8.98. The molecule has 6 heteroatoms. The summed E-state index contributed by atoms with van der Waals surface area (Å²) >= 11 is 0. The first kappa shape index (κ1) is 11.7. The fourth-order valence-corrected chi connectivity index (χ4v) is 1.52. The molecule has 1 aliphatic rings. The van der Waals surface area contributed by atoms with Gasteiger partial charge in [-0.3, -0.25) is 0 Å². The van der Waals surface area contributed by atoms with Crippen LogP contribution in [0.1, 0.15) is 5.56 Å². The summed E-state index contributed by atoms with van der Waals surface area (Å²) in [5, 5.41) is 11.5. The minimum absolute atomic E-state index is 0.164. The number of amides is 1. The molecule has 5 nitrogen and oxygen atoms in total. The Kier molecular flexibility index (Phi) is 3.43. The van der Waals surface area contributed by atoms with Gasteiger partial charge in [-0.2, -0.15) is 0 Å². The van der Waals surface area contributed by atoms with Gasteiger partial charge in [0.05, 0.1) is 13.2 Å². The first-order valence-corrected chi connectivity index (χ1v) is 5.15. The normalized spacial score (nSPS) is 18.7. The highest BCUT2D eigenvalue weighted by molar-refractivity contribution is 5.69. The standard InChI is InChI=1S/C11H12FNO4/c12-8-1-2-10(7(3-8)5-14)16-6-9-4-13-11(15)17-9/h1-3,9,14H,4-6H2,(H,13,15). The predicted molar refractivity (Wildman–Crippen MR) is 56.1 cm³/mol. The second kappa shape index (κ2) is 5.01. The smallest absolute Gasteiger partial charge is 0.407 e. The lowest BCUT2D eigenvalue weighted by Crippen LogP contribution is -2.22. The summed E-state index contributed by atoms with van der Waals surface area (Å²) in [5.74, 6) is -0.0489. The van der Waals surface area contributed by atoms with Crippen molar-refractivity contribution in [2.75, 3.05) is 13.2 Å². The van der Waals surface area contributed by atoms with Gasteiger partial charge < -0.3 is 19.9 Å². The lowest BCUT2D eigenvalue weighted by atomic mass is 10.2. The second-order valence-electron chi connectivity index (χ2n) is 3.63. The number of alkyl carbamates (subject to hydrolysis) is 1. The Morgan fingerprint density at radius 2 is 2.41 bits per heavy atom. The second-order valence-corrected chi connectivity index (χ2v) is 3.63. The van der Waals surface area contributed by atoms with E-state index in [-0.39, 0.29) is 19.3 Å². The fourth-order valence-electron chi connectivity index (χ4n) is 1.52. The van der Waals surface area contributed by atoms with E-state index in [1.54, 1.807) is 0 Å². The molecular weight excluding hydrogens is 229 g/mol. The highest BCUT2D eigenvalue weighted by Crippen LogP contribution is 2.20. The average Bonchev–Trinajstić information content (AvgIpc) is 2.73. The molecule has 92 valence electrons. The molecule has 1 aromatic carbocycles. The van der Waals surface area contributed by atoms with Gasteiger partial charge in [0.1, 0.15) is 18.2 Å². The van der Waals surface area contributed by atoms with E-state index >= 15 is 0 Å². The molecule has 0 aromatic heterocycles. The van der Waals surface area contributed by atoms with E-state index in [2.05, 4.69) is 5.32 Å². The van der Waals surface area contributed by atoms with E-state index in [1.165, 1.54) is 18.2 Å². The maximum Gasteiger partial charge on any atom is 0.407 e. The summed E-state index contributed by atoms with van der Waals surface area (Å²) < 4.78 is 23.1. The monoisotopic (exact) mass is 241 g/mol. The van der Waals surface area contributed by atoms with Crippen molar-refractivity contribution in [3.8, 4) is 5.75 Å². The van der Waals surface area contributed by atoms with E-state index in [9.17, 15) is 9.18 Å². The van der Waals surface area contributed by atoms with E-state index in [4.69, 9.17) is 14.6 Å². The number of carbonyl (C=O) groups excluding carboxylic acids is 1. The lowest BCUT2D eigenvalue weighted by molar-refractivity contribution is 0.103. The van der Waals surface area contributed by atoms with Gasteiger partial charge >= 0.3 is 6.09 Å². The van der Waals surface area contributed by atoms with Gasteiger partial charge in [0.2, 0.25) is 0 Å². The molecule has 1 aromatic rings. The van der Waals surface area contributed by atoms with Crippen LogP contribution in [0.2, 0.25) is 0 Å². The highest BCUT2D eigenvalue weighted by atomic mass is 19.1. The van der Waals surface area contributed by atoms with Crippen LogP contribution in [0, 0.1) is 5.82 Å². The van der Waals surface area contributed by atoms with Crippen LogP contribution in [0.5, 0.6) is 5.75 Å². The Morgan fingerprint density at radius 1 is 1.59 bits per heavy atom. The molecule has 1 unspecified atom stereocenters. The number of hydrogen-bond acceptors (Lipinski definition) is 4.